The summed E-state index contributed by atoms with van der Waals surface area (Å²) in [6, 6.07) is 4.13. The van der Waals surface area contributed by atoms with E-state index >= 15 is 0 Å². The van der Waals surface area contributed by atoms with Crippen molar-refractivity contribution in [3.05, 3.63) is 46.0 Å². The first-order valence-electron chi connectivity index (χ1n) is 7.40. The quantitative estimate of drug-likeness (QED) is 0.703. The number of halogens is 2. The standard InChI is InChI=1S/C16H15ClFN5OS/c1-8-11(9(2)23-15(19-8)21-16(22-23)25-3)7-14(24)20-10-4-5-12(17)13(18)6-10/h4-6H,7H2,1-3H3,(H,20,24). The molecule has 1 amide bonds. The van der Waals surface area contributed by atoms with Crippen LogP contribution >= 0.6 is 23.4 Å². The van der Waals surface area contributed by atoms with Gasteiger partial charge in [-0.15, -0.1) is 5.10 Å². The molecule has 25 heavy (non-hydrogen) atoms. The topological polar surface area (TPSA) is 72.2 Å². The Balaban J connectivity index is 1.86. The van der Waals surface area contributed by atoms with E-state index in [0.717, 1.165) is 11.3 Å². The van der Waals surface area contributed by atoms with Crippen molar-refractivity contribution >= 4 is 40.7 Å². The van der Waals surface area contributed by atoms with Gasteiger partial charge in [0, 0.05) is 22.6 Å². The molecule has 0 saturated carbocycles. The molecule has 0 saturated heterocycles. The Hall–Kier alpha value is -2.19. The molecule has 0 atom stereocenters. The van der Waals surface area contributed by atoms with Crippen molar-refractivity contribution in [3.63, 3.8) is 0 Å². The third-order valence-electron chi connectivity index (χ3n) is 3.75. The van der Waals surface area contributed by atoms with Crippen molar-refractivity contribution in [2.45, 2.75) is 25.4 Å². The van der Waals surface area contributed by atoms with Crippen LogP contribution in [0.1, 0.15) is 17.0 Å². The van der Waals surface area contributed by atoms with Crippen LogP contribution in [-0.2, 0) is 11.2 Å². The Labute approximate surface area is 152 Å². The number of aromatic nitrogens is 4. The minimum atomic E-state index is -0.581. The first kappa shape index (κ1) is 17.6. The number of rotatable bonds is 4. The predicted molar refractivity (Wildman–Crippen MR) is 95.8 cm³/mol. The number of aryl methyl sites for hydroxylation is 2. The molecule has 0 spiro atoms. The normalized spacial score (nSPS) is 11.1. The molecule has 0 aliphatic heterocycles. The molecule has 6 nitrogen and oxygen atoms in total. The Bertz CT molecular complexity index is 975. The second-order valence-corrected chi connectivity index (χ2v) is 6.61. The molecule has 0 radical (unpaired) electrons. The van der Waals surface area contributed by atoms with Gasteiger partial charge in [0.2, 0.25) is 11.1 Å². The molecule has 0 unspecified atom stereocenters. The maximum atomic E-state index is 13.5. The lowest BCUT2D eigenvalue weighted by atomic mass is 10.1. The number of carbonyl (C=O) groups is 1. The summed E-state index contributed by atoms with van der Waals surface area (Å²) in [7, 11) is 0. The smallest absolute Gasteiger partial charge is 0.253 e. The number of carbonyl (C=O) groups excluding carboxylic acids is 1. The first-order chi connectivity index (χ1) is 11.9. The Morgan fingerprint density at radius 2 is 2.12 bits per heavy atom. The highest BCUT2D eigenvalue weighted by Crippen LogP contribution is 2.20. The van der Waals surface area contributed by atoms with Crippen molar-refractivity contribution in [2.75, 3.05) is 11.6 Å². The average Bonchev–Trinajstić information content (AvgIpc) is 2.98. The molecule has 1 aromatic carbocycles. The van der Waals surface area contributed by atoms with Gasteiger partial charge in [0.25, 0.3) is 5.78 Å². The number of thioether (sulfide) groups is 1. The van der Waals surface area contributed by atoms with Gasteiger partial charge in [-0.25, -0.2) is 13.9 Å². The average molecular weight is 380 g/mol. The number of anilines is 1. The summed E-state index contributed by atoms with van der Waals surface area (Å²) in [5, 5.41) is 7.65. The zero-order chi connectivity index (χ0) is 18.1. The molecular formula is C16H15ClFN5OS. The van der Waals surface area contributed by atoms with E-state index in [1.54, 1.807) is 10.6 Å². The highest BCUT2D eigenvalue weighted by molar-refractivity contribution is 7.98. The molecule has 3 aromatic rings. The molecular weight excluding hydrogens is 365 g/mol. The van der Waals surface area contributed by atoms with E-state index in [2.05, 4.69) is 20.4 Å². The largest absolute Gasteiger partial charge is 0.326 e. The second-order valence-electron chi connectivity index (χ2n) is 5.43. The van der Waals surface area contributed by atoms with Crippen LogP contribution in [0.15, 0.2) is 23.4 Å². The van der Waals surface area contributed by atoms with Crippen molar-refractivity contribution in [3.8, 4) is 0 Å². The third-order valence-corrected chi connectivity index (χ3v) is 4.60. The summed E-state index contributed by atoms with van der Waals surface area (Å²) in [6.45, 7) is 3.69. The lowest BCUT2D eigenvalue weighted by Crippen LogP contribution is -2.18. The number of hydrogen-bond acceptors (Lipinski definition) is 5. The fourth-order valence-corrected chi connectivity index (χ4v) is 2.93. The van der Waals surface area contributed by atoms with Gasteiger partial charge >= 0.3 is 0 Å². The lowest BCUT2D eigenvalue weighted by Gasteiger charge is -2.11. The van der Waals surface area contributed by atoms with Crippen LogP contribution in [0.5, 0.6) is 0 Å². The maximum absolute atomic E-state index is 13.5. The van der Waals surface area contributed by atoms with Gasteiger partial charge in [0.05, 0.1) is 11.4 Å². The number of benzene rings is 1. The van der Waals surface area contributed by atoms with Crippen LogP contribution in [0.4, 0.5) is 10.1 Å². The van der Waals surface area contributed by atoms with Gasteiger partial charge < -0.3 is 5.32 Å². The number of nitrogens with zero attached hydrogens (tertiary/aromatic N) is 4. The fraction of sp³-hybridized carbons (Fsp3) is 0.250. The van der Waals surface area contributed by atoms with Crippen molar-refractivity contribution in [1.82, 2.24) is 19.6 Å². The van der Waals surface area contributed by atoms with Crippen LogP contribution in [0, 0.1) is 19.7 Å². The Morgan fingerprint density at radius 3 is 2.80 bits per heavy atom. The molecule has 0 aliphatic rings. The number of nitrogens with one attached hydrogen (secondary N) is 1. The van der Waals surface area contributed by atoms with Crippen LogP contribution in [0.25, 0.3) is 5.78 Å². The van der Waals surface area contributed by atoms with Gasteiger partial charge in [-0.3, -0.25) is 4.79 Å². The molecule has 0 bridgehead atoms. The zero-order valence-electron chi connectivity index (χ0n) is 13.8. The molecule has 0 aliphatic carbocycles. The van der Waals surface area contributed by atoms with Crippen LogP contribution in [-0.4, -0.2) is 31.7 Å². The van der Waals surface area contributed by atoms with E-state index in [9.17, 15) is 9.18 Å². The van der Waals surface area contributed by atoms with E-state index in [0.29, 0.717) is 22.3 Å². The fourth-order valence-electron chi connectivity index (χ4n) is 2.47. The van der Waals surface area contributed by atoms with Crippen LogP contribution in [0.2, 0.25) is 5.02 Å². The van der Waals surface area contributed by atoms with E-state index in [4.69, 9.17) is 11.6 Å². The molecule has 2 aromatic heterocycles. The van der Waals surface area contributed by atoms with Crippen molar-refractivity contribution in [1.29, 1.82) is 0 Å². The monoisotopic (exact) mass is 379 g/mol. The number of hydrogen-bond donors (Lipinski definition) is 1. The van der Waals surface area contributed by atoms with Gasteiger partial charge in [0.1, 0.15) is 5.82 Å². The minimum absolute atomic E-state index is 0.00937. The van der Waals surface area contributed by atoms with E-state index in [1.807, 2.05) is 20.1 Å². The molecule has 0 fully saturated rings. The van der Waals surface area contributed by atoms with Crippen LogP contribution in [0.3, 0.4) is 0 Å². The van der Waals surface area contributed by atoms with Gasteiger partial charge in [-0.1, -0.05) is 23.4 Å². The highest BCUT2D eigenvalue weighted by Gasteiger charge is 2.16. The predicted octanol–water partition coefficient (Wildman–Crippen LogP) is 3.44. The van der Waals surface area contributed by atoms with E-state index in [-0.39, 0.29) is 17.4 Å². The molecule has 3 rings (SSSR count). The minimum Gasteiger partial charge on any atom is -0.326 e. The highest BCUT2D eigenvalue weighted by atomic mass is 35.5. The van der Waals surface area contributed by atoms with Crippen molar-refractivity contribution in [2.24, 2.45) is 0 Å². The third kappa shape index (κ3) is 3.59. The van der Waals surface area contributed by atoms with E-state index in [1.165, 1.54) is 23.9 Å². The zero-order valence-corrected chi connectivity index (χ0v) is 15.4. The summed E-state index contributed by atoms with van der Waals surface area (Å²) >= 11 is 7.07. The van der Waals surface area contributed by atoms with Gasteiger partial charge in [-0.2, -0.15) is 4.98 Å². The second kappa shape index (κ2) is 6.97. The SMILES string of the molecule is CSc1nc2nc(C)c(CC(=O)Nc3ccc(Cl)c(F)c3)c(C)n2n1. The Morgan fingerprint density at radius 1 is 1.36 bits per heavy atom. The molecule has 2 heterocycles. The molecule has 1 N–H and O–H groups in total. The summed E-state index contributed by atoms with van der Waals surface area (Å²) in [4.78, 5) is 21.1. The van der Waals surface area contributed by atoms with E-state index < -0.39 is 5.82 Å². The summed E-state index contributed by atoms with van der Waals surface area (Å²) < 4.78 is 15.1. The summed E-state index contributed by atoms with van der Waals surface area (Å²) in [5.41, 5.74) is 2.62. The molecule has 130 valence electrons. The van der Waals surface area contributed by atoms with Gasteiger partial charge in [0.15, 0.2) is 0 Å². The van der Waals surface area contributed by atoms with Gasteiger partial charge in [-0.05, 0) is 38.3 Å². The first-order valence-corrected chi connectivity index (χ1v) is 9.01. The lowest BCUT2D eigenvalue weighted by molar-refractivity contribution is -0.115. The maximum Gasteiger partial charge on any atom is 0.253 e. The summed E-state index contributed by atoms with van der Waals surface area (Å²) in [5.74, 6) is -0.357. The van der Waals surface area contributed by atoms with Crippen LogP contribution < -0.4 is 5.32 Å². The number of amides is 1. The number of fused-ring (bicyclic) bond motifs is 1. The van der Waals surface area contributed by atoms with Crippen molar-refractivity contribution < 1.29 is 9.18 Å². The molecule has 9 heteroatoms. The summed E-state index contributed by atoms with van der Waals surface area (Å²) in [6.07, 6.45) is 1.98. The Kier molecular flexibility index (Phi) is 4.91.